The maximum atomic E-state index is 12.2. The SMILES string of the molecule is CCOC(=O)[C@@H](Sc1ccc([N+](=O)[O-])cc1)[C@@H](CC)C(=O)OC. The molecule has 2 atom stereocenters. The number of methoxy groups -OCH3 is 1. The minimum absolute atomic E-state index is 0.0398. The highest BCUT2D eigenvalue weighted by molar-refractivity contribution is 8.00. The van der Waals surface area contributed by atoms with Crippen molar-refractivity contribution in [3.05, 3.63) is 34.4 Å². The van der Waals surface area contributed by atoms with Gasteiger partial charge in [-0.2, -0.15) is 0 Å². The van der Waals surface area contributed by atoms with Crippen LogP contribution >= 0.6 is 11.8 Å². The lowest BCUT2D eigenvalue weighted by molar-refractivity contribution is -0.384. The smallest absolute Gasteiger partial charge is 0.320 e. The molecular formula is C15H19NO6S. The summed E-state index contributed by atoms with van der Waals surface area (Å²) in [5, 5.41) is 9.90. The second-order valence-electron chi connectivity index (χ2n) is 4.58. The van der Waals surface area contributed by atoms with Crippen molar-refractivity contribution in [3.8, 4) is 0 Å². The Labute approximate surface area is 138 Å². The number of rotatable bonds is 8. The number of thioether (sulfide) groups is 1. The number of benzene rings is 1. The Kier molecular flexibility index (Phi) is 7.53. The number of hydrogen-bond donors (Lipinski definition) is 0. The van der Waals surface area contributed by atoms with Crippen LogP contribution in [0.3, 0.4) is 0 Å². The van der Waals surface area contributed by atoms with Gasteiger partial charge in [-0.25, -0.2) is 0 Å². The number of carbonyl (C=O) groups excluding carboxylic acids is 2. The maximum absolute atomic E-state index is 12.2. The van der Waals surface area contributed by atoms with Crippen molar-refractivity contribution in [2.45, 2.75) is 30.4 Å². The summed E-state index contributed by atoms with van der Waals surface area (Å²) >= 11 is 1.14. The zero-order valence-corrected chi connectivity index (χ0v) is 14.0. The van der Waals surface area contributed by atoms with E-state index in [0.717, 1.165) is 11.8 Å². The molecule has 0 N–H and O–H groups in total. The summed E-state index contributed by atoms with van der Waals surface area (Å²) in [5.41, 5.74) is -0.0398. The number of nitro benzene ring substituents is 1. The zero-order chi connectivity index (χ0) is 17.4. The lowest BCUT2D eigenvalue weighted by Gasteiger charge is -2.22. The van der Waals surface area contributed by atoms with Crippen LogP contribution in [0, 0.1) is 16.0 Å². The third kappa shape index (κ3) is 5.24. The Hall–Kier alpha value is -2.09. The summed E-state index contributed by atoms with van der Waals surface area (Å²) < 4.78 is 9.79. The van der Waals surface area contributed by atoms with Crippen molar-refractivity contribution in [1.29, 1.82) is 0 Å². The summed E-state index contributed by atoms with van der Waals surface area (Å²) in [4.78, 5) is 34.9. The molecule has 1 aromatic carbocycles. The molecule has 0 aliphatic carbocycles. The van der Waals surface area contributed by atoms with Gasteiger partial charge < -0.3 is 9.47 Å². The first-order valence-corrected chi connectivity index (χ1v) is 7.98. The molecule has 1 rings (SSSR count). The van der Waals surface area contributed by atoms with Gasteiger partial charge in [-0.05, 0) is 25.5 Å². The zero-order valence-electron chi connectivity index (χ0n) is 13.2. The molecule has 0 saturated heterocycles. The fourth-order valence-corrected chi connectivity index (χ4v) is 3.19. The number of non-ortho nitro benzene ring substituents is 1. The molecule has 0 amide bonds. The molecule has 0 saturated carbocycles. The molecule has 0 bridgehead atoms. The van der Waals surface area contributed by atoms with Crippen LogP contribution in [0.2, 0.25) is 0 Å². The highest BCUT2D eigenvalue weighted by Gasteiger charge is 2.35. The van der Waals surface area contributed by atoms with Gasteiger partial charge in [0.05, 0.1) is 24.6 Å². The standard InChI is InChI=1S/C15H19NO6S/c1-4-12(14(17)21-3)13(15(18)22-5-2)23-11-8-6-10(7-9-11)16(19)20/h6-9,12-13H,4-5H2,1-3H3/t12-,13+/m1/s1. The van der Waals surface area contributed by atoms with Gasteiger partial charge in [0.25, 0.3) is 5.69 Å². The predicted octanol–water partition coefficient (Wildman–Crippen LogP) is 2.82. The molecule has 0 aliphatic rings. The quantitative estimate of drug-likeness (QED) is 0.310. The van der Waals surface area contributed by atoms with E-state index in [9.17, 15) is 19.7 Å². The van der Waals surface area contributed by atoms with Gasteiger partial charge in [-0.1, -0.05) is 6.92 Å². The number of ether oxygens (including phenoxy) is 2. The fraction of sp³-hybridized carbons (Fsp3) is 0.467. The van der Waals surface area contributed by atoms with Crippen LogP contribution < -0.4 is 0 Å². The third-order valence-corrected chi connectivity index (χ3v) is 4.46. The van der Waals surface area contributed by atoms with Crippen LogP contribution in [0.15, 0.2) is 29.2 Å². The average Bonchev–Trinajstić information content (AvgIpc) is 2.54. The molecule has 0 heterocycles. The Morgan fingerprint density at radius 2 is 1.83 bits per heavy atom. The van der Waals surface area contributed by atoms with Crippen LogP contribution in [0.5, 0.6) is 0 Å². The van der Waals surface area contributed by atoms with E-state index >= 15 is 0 Å². The normalized spacial score (nSPS) is 13.0. The Morgan fingerprint density at radius 1 is 1.22 bits per heavy atom. The molecule has 0 aromatic heterocycles. The van der Waals surface area contributed by atoms with Crippen molar-refractivity contribution in [1.82, 2.24) is 0 Å². The number of nitrogens with zero attached hydrogens (tertiary/aromatic N) is 1. The Bertz CT molecular complexity index is 560. The molecule has 1 aromatic rings. The highest BCUT2D eigenvalue weighted by Crippen LogP contribution is 2.32. The molecule has 0 spiro atoms. The molecule has 8 heteroatoms. The van der Waals surface area contributed by atoms with Crippen LogP contribution in [-0.2, 0) is 19.1 Å². The van der Waals surface area contributed by atoms with Crippen LogP contribution in [0.4, 0.5) is 5.69 Å². The first-order chi connectivity index (χ1) is 10.9. The van der Waals surface area contributed by atoms with Crippen LogP contribution in [-0.4, -0.2) is 35.8 Å². The minimum atomic E-state index is -0.770. The van der Waals surface area contributed by atoms with Gasteiger partial charge in [-0.3, -0.25) is 19.7 Å². The summed E-state index contributed by atoms with van der Waals surface area (Å²) in [7, 11) is 1.27. The number of hydrogen-bond acceptors (Lipinski definition) is 7. The van der Waals surface area contributed by atoms with E-state index in [2.05, 4.69) is 0 Å². The van der Waals surface area contributed by atoms with Crippen molar-refractivity contribution in [3.63, 3.8) is 0 Å². The number of nitro groups is 1. The molecule has 126 valence electrons. The first-order valence-electron chi connectivity index (χ1n) is 7.10. The lowest BCUT2D eigenvalue weighted by Crippen LogP contribution is -2.34. The Balaban J connectivity index is 3.02. The number of esters is 2. The van der Waals surface area contributed by atoms with Gasteiger partial charge in [0, 0.05) is 17.0 Å². The maximum Gasteiger partial charge on any atom is 0.320 e. The summed E-state index contributed by atoms with van der Waals surface area (Å²) in [6, 6.07) is 5.78. The van der Waals surface area contributed by atoms with Gasteiger partial charge in [0.1, 0.15) is 5.25 Å². The third-order valence-electron chi connectivity index (χ3n) is 3.14. The predicted molar refractivity (Wildman–Crippen MR) is 85.2 cm³/mol. The molecule has 7 nitrogen and oxygen atoms in total. The molecule has 0 radical (unpaired) electrons. The summed E-state index contributed by atoms with van der Waals surface area (Å²) in [5.74, 6) is -1.65. The van der Waals surface area contributed by atoms with E-state index in [1.807, 2.05) is 0 Å². The first kappa shape index (κ1) is 19.0. The fourth-order valence-electron chi connectivity index (χ4n) is 1.97. The van der Waals surface area contributed by atoms with Gasteiger partial charge >= 0.3 is 11.9 Å². The number of carbonyl (C=O) groups is 2. The van der Waals surface area contributed by atoms with E-state index < -0.39 is 28.0 Å². The molecular weight excluding hydrogens is 322 g/mol. The molecule has 0 fully saturated rings. The highest BCUT2D eigenvalue weighted by atomic mass is 32.2. The van der Waals surface area contributed by atoms with Gasteiger partial charge in [0.15, 0.2) is 0 Å². The van der Waals surface area contributed by atoms with Crippen molar-refractivity contribution in [2.75, 3.05) is 13.7 Å². The molecule has 23 heavy (non-hydrogen) atoms. The van der Waals surface area contributed by atoms with Crippen LogP contribution in [0.1, 0.15) is 20.3 Å². The van der Waals surface area contributed by atoms with E-state index in [-0.39, 0.29) is 12.3 Å². The van der Waals surface area contributed by atoms with Crippen molar-refractivity contribution in [2.24, 2.45) is 5.92 Å². The van der Waals surface area contributed by atoms with Gasteiger partial charge in [0.2, 0.25) is 0 Å². The largest absolute Gasteiger partial charge is 0.469 e. The van der Waals surface area contributed by atoms with E-state index in [1.54, 1.807) is 26.0 Å². The van der Waals surface area contributed by atoms with E-state index in [0.29, 0.717) is 11.3 Å². The lowest BCUT2D eigenvalue weighted by atomic mass is 10.0. The van der Waals surface area contributed by atoms with Crippen molar-refractivity contribution < 1.29 is 24.0 Å². The monoisotopic (exact) mass is 341 g/mol. The second-order valence-corrected chi connectivity index (χ2v) is 5.79. The summed E-state index contributed by atoms with van der Waals surface area (Å²) in [6.07, 6.45) is 0.413. The van der Waals surface area contributed by atoms with E-state index in [1.165, 1.54) is 19.2 Å². The van der Waals surface area contributed by atoms with Gasteiger partial charge in [-0.15, -0.1) is 11.8 Å². The Morgan fingerprint density at radius 3 is 2.26 bits per heavy atom. The molecule has 0 unspecified atom stereocenters. The minimum Gasteiger partial charge on any atom is -0.469 e. The topological polar surface area (TPSA) is 95.7 Å². The van der Waals surface area contributed by atoms with Crippen molar-refractivity contribution >= 4 is 29.4 Å². The second kappa shape index (κ2) is 9.14. The average molecular weight is 341 g/mol. The summed E-state index contributed by atoms with van der Waals surface area (Å²) in [6.45, 7) is 3.67. The van der Waals surface area contributed by atoms with E-state index in [4.69, 9.17) is 9.47 Å². The molecule has 0 aliphatic heterocycles. The van der Waals surface area contributed by atoms with Crippen LogP contribution in [0.25, 0.3) is 0 Å².